The molecule has 0 N–H and O–H groups in total. The van der Waals surface area contributed by atoms with E-state index in [-0.39, 0.29) is 17.9 Å². The van der Waals surface area contributed by atoms with Crippen molar-refractivity contribution in [1.29, 1.82) is 0 Å². The number of amides is 1. The maximum absolute atomic E-state index is 13.5. The maximum Gasteiger partial charge on any atom is 0.243 e. The van der Waals surface area contributed by atoms with Gasteiger partial charge in [-0.05, 0) is 81.0 Å². The van der Waals surface area contributed by atoms with Crippen LogP contribution in [0.25, 0.3) is 0 Å². The predicted octanol–water partition coefficient (Wildman–Crippen LogP) is 4.09. The van der Waals surface area contributed by atoms with Gasteiger partial charge in [-0.25, -0.2) is 8.42 Å². The Morgan fingerprint density at radius 3 is 2.29 bits per heavy atom. The van der Waals surface area contributed by atoms with Gasteiger partial charge in [-0.1, -0.05) is 6.07 Å². The Hall–Kier alpha value is -2.58. The van der Waals surface area contributed by atoms with Crippen LogP contribution in [0.3, 0.4) is 0 Å². The van der Waals surface area contributed by atoms with E-state index in [1.54, 1.807) is 26.4 Å². The molecule has 1 amide bonds. The minimum absolute atomic E-state index is 0.0603. The molecule has 2 aliphatic rings. The molecular weight excluding hydrogens is 452 g/mol. The summed E-state index contributed by atoms with van der Waals surface area (Å²) >= 11 is 0. The lowest BCUT2D eigenvalue weighted by molar-refractivity contribution is -0.137. The van der Waals surface area contributed by atoms with Crippen LogP contribution < -0.4 is 9.47 Å². The van der Waals surface area contributed by atoms with E-state index in [0.717, 1.165) is 41.0 Å². The second-order valence-corrected chi connectivity index (χ2v) is 11.2. The molecule has 0 radical (unpaired) electrons. The minimum atomic E-state index is -3.56. The summed E-state index contributed by atoms with van der Waals surface area (Å²) in [5.41, 5.74) is 2.98. The summed E-state index contributed by atoms with van der Waals surface area (Å²) in [5.74, 6) is 1.42. The molecule has 2 aliphatic heterocycles. The fraction of sp³-hybridized carbons (Fsp3) is 0.500. The van der Waals surface area contributed by atoms with Crippen molar-refractivity contribution >= 4 is 15.9 Å². The van der Waals surface area contributed by atoms with Gasteiger partial charge in [-0.2, -0.15) is 4.31 Å². The molecule has 0 aromatic heterocycles. The van der Waals surface area contributed by atoms with Crippen LogP contribution in [0, 0.1) is 19.8 Å². The van der Waals surface area contributed by atoms with Gasteiger partial charge in [0.25, 0.3) is 0 Å². The highest BCUT2D eigenvalue weighted by Crippen LogP contribution is 2.40. The molecular formula is C26H34N2O5S. The first-order chi connectivity index (χ1) is 16.3. The highest BCUT2D eigenvalue weighted by Gasteiger charge is 2.38. The van der Waals surface area contributed by atoms with Crippen molar-refractivity contribution in [2.45, 2.75) is 50.5 Å². The average molecular weight is 487 g/mol. The number of piperidine rings is 1. The molecule has 8 heteroatoms. The van der Waals surface area contributed by atoms with Crippen LogP contribution in [0.1, 0.15) is 48.4 Å². The number of ether oxygens (including phenoxy) is 2. The Labute approximate surface area is 202 Å². The lowest BCUT2D eigenvalue weighted by Gasteiger charge is -2.35. The van der Waals surface area contributed by atoms with Gasteiger partial charge >= 0.3 is 0 Å². The predicted molar refractivity (Wildman–Crippen MR) is 131 cm³/mol. The van der Waals surface area contributed by atoms with Crippen molar-refractivity contribution in [1.82, 2.24) is 9.21 Å². The molecule has 2 saturated heterocycles. The fourth-order valence-corrected chi connectivity index (χ4v) is 6.61. The largest absolute Gasteiger partial charge is 0.497 e. The van der Waals surface area contributed by atoms with E-state index < -0.39 is 10.0 Å². The molecule has 34 heavy (non-hydrogen) atoms. The zero-order chi connectivity index (χ0) is 24.5. The minimum Gasteiger partial charge on any atom is -0.497 e. The van der Waals surface area contributed by atoms with Crippen molar-refractivity contribution in [2.24, 2.45) is 5.92 Å². The van der Waals surface area contributed by atoms with Crippen LogP contribution in [0.5, 0.6) is 11.5 Å². The number of likely N-dealkylation sites (tertiary alicyclic amines) is 1. The first kappa shape index (κ1) is 24.5. The van der Waals surface area contributed by atoms with Gasteiger partial charge in [-0.3, -0.25) is 4.79 Å². The maximum atomic E-state index is 13.5. The summed E-state index contributed by atoms with van der Waals surface area (Å²) < 4.78 is 38.8. The number of carbonyl (C=O) groups excluding carboxylic acids is 1. The molecule has 2 aromatic carbocycles. The molecule has 2 heterocycles. The normalized spacial score (nSPS) is 19.9. The monoisotopic (exact) mass is 486 g/mol. The second kappa shape index (κ2) is 9.96. The van der Waals surface area contributed by atoms with Gasteiger partial charge in [0, 0.05) is 31.1 Å². The van der Waals surface area contributed by atoms with Crippen LogP contribution in [-0.4, -0.2) is 57.4 Å². The van der Waals surface area contributed by atoms with Crippen molar-refractivity contribution in [3.63, 3.8) is 0 Å². The topological polar surface area (TPSA) is 76.2 Å². The molecule has 2 aromatic rings. The third kappa shape index (κ3) is 4.66. The fourth-order valence-electron chi connectivity index (χ4n) is 5.05. The molecule has 4 rings (SSSR count). The van der Waals surface area contributed by atoms with Gasteiger partial charge in [0.1, 0.15) is 11.5 Å². The molecule has 184 valence electrons. The summed E-state index contributed by atoms with van der Waals surface area (Å²) in [4.78, 5) is 15.8. The van der Waals surface area contributed by atoms with E-state index in [4.69, 9.17) is 9.47 Å². The molecule has 0 aliphatic carbocycles. The molecule has 2 fully saturated rings. The van der Waals surface area contributed by atoms with Gasteiger partial charge in [0.15, 0.2) is 0 Å². The zero-order valence-electron chi connectivity index (χ0n) is 20.4. The summed E-state index contributed by atoms with van der Waals surface area (Å²) in [5, 5.41) is 0. The number of methoxy groups -OCH3 is 2. The third-order valence-corrected chi connectivity index (χ3v) is 9.15. The Morgan fingerprint density at radius 1 is 0.912 bits per heavy atom. The lowest BCUT2D eigenvalue weighted by atomic mass is 9.95. The van der Waals surface area contributed by atoms with Gasteiger partial charge < -0.3 is 14.4 Å². The Bertz CT molecular complexity index is 1160. The van der Waals surface area contributed by atoms with Crippen molar-refractivity contribution in [3.05, 3.63) is 53.1 Å². The molecule has 1 atom stereocenters. The summed E-state index contributed by atoms with van der Waals surface area (Å²) in [6.45, 7) is 5.29. The summed E-state index contributed by atoms with van der Waals surface area (Å²) in [7, 11) is -0.297. The molecule has 0 bridgehead atoms. The summed E-state index contributed by atoms with van der Waals surface area (Å²) in [6, 6.07) is 10.9. The Morgan fingerprint density at radius 2 is 1.65 bits per heavy atom. The van der Waals surface area contributed by atoms with E-state index in [0.29, 0.717) is 37.4 Å². The Kier molecular flexibility index (Phi) is 7.19. The van der Waals surface area contributed by atoms with Gasteiger partial charge in [-0.15, -0.1) is 0 Å². The SMILES string of the molecule is COc1ccc(OC)c([C@@H]2CCCN2C(=O)C2CCN(S(=O)(=O)c3ccc(C)c(C)c3)CC2)c1. The number of nitrogens with zero attached hydrogens (tertiary/aromatic N) is 2. The second-order valence-electron chi connectivity index (χ2n) is 9.22. The van der Waals surface area contributed by atoms with E-state index in [9.17, 15) is 13.2 Å². The number of benzene rings is 2. The van der Waals surface area contributed by atoms with Crippen LogP contribution in [0.4, 0.5) is 0 Å². The van der Waals surface area contributed by atoms with E-state index in [1.165, 1.54) is 4.31 Å². The third-order valence-electron chi connectivity index (χ3n) is 7.25. The quantitative estimate of drug-likeness (QED) is 0.615. The van der Waals surface area contributed by atoms with Gasteiger partial charge in [0.05, 0.1) is 25.2 Å². The van der Waals surface area contributed by atoms with Crippen molar-refractivity contribution in [3.8, 4) is 11.5 Å². The van der Waals surface area contributed by atoms with Crippen molar-refractivity contribution in [2.75, 3.05) is 33.9 Å². The molecule has 7 nitrogen and oxygen atoms in total. The number of hydrogen-bond donors (Lipinski definition) is 0. The van der Waals surface area contributed by atoms with E-state index >= 15 is 0 Å². The van der Waals surface area contributed by atoms with Crippen LogP contribution in [-0.2, 0) is 14.8 Å². The first-order valence-corrected chi connectivity index (χ1v) is 13.3. The van der Waals surface area contributed by atoms with E-state index in [2.05, 4.69) is 0 Å². The smallest absolute Gasteiger partial charge is 0.243 e. The number of carbonyl (C=O) groups is 1. The summed E-state index contributed by atoms with van der Waals surface area (Å²) in [6.07, 6.45) is 2.86. The lowest BCUT2D eigenvalue weighted by Crippen LogP contribution is -2.44. The first-order valence-electron chi connectivity index (χ1n) is 11.9. The zero-order valence-corrected chi connectivity index (χ0v) is 21.2. The average Bonchev–Trinajstić information content (AvgIpc) is 3.34. The van der Waals surface area contributed by atoms with Crippen LogP contribution in [0.2, 0.25) is 0 Å². The van der Waals surface area contributed by atoms with Gasteiger partial charge in [0.2, 0.25) is 15.9 Å². The van der Waals surface area contributed by atoms with E-state index in [1.807, 2.05) is 43.0 Å². The van der Waals surface area contributed by atoms with Crippen LogP contribution >= 0.6 is 0 Å². The Balaban J connectivity index is 1.46. The standard InChI is InChI=1S/C26H34N2O5S/c1-18-7-9-22(16-19(18)2)34(30,31)27-14-11-20(12-15-27)26(29)28-13-5-6-24(28)23-17-21(32-3)8-10-25(23)33-4/h7-10,16-17,20,24H,5-6,11-15H2,1-4H3/t24-/m0/s1. The number of sulfonamides is 1. The van der Waals surface area contributed by atoms with Crippen molar-refractivity contribution < 1.29 is 22.7 Å². The molecule has 0 saturated carbocycles. The number of aryl methyl sites for hydroxylation is 2. The highest BCUT2D eigenvalue weighted by atomic mass is 32.2. The molecule has 0 unspecified atom stereocenters. The number of rotatable bonds is 6. The highest BCUT2D eigenvalue weighted by molar-refractivity contribution is 7.89. The molecule has 0 spiro atoms. The van der Waals surface area contributed by atoms with Crippen LogP contribution in [0.15, 0.2) is 41.3 Å². The number of hydrogen-bond acceptors (Lipinski definition) is 5.